The number of thiophene rings is 1. The first-order valence-electron chi connectivity index (χ1n) is 8.76. The van der Waals surface area contributed by atoms with E-state index in [4.69, 9.17) is 4.74 Å². The van der Waals surface area contributed by atoms with Gasteiger partial charge < -0.3 is 4.74 Å². The highest BCUT2D eigenvalue weighted by atomic mass is 32.1. The summed E-state index contributed by atoms with van der Waals surface area (Å²) in [7, 11) is 0. The van der Waals surface area contributed by atoms with Gasteiger partial charge in [-0.05, 0) is 45.1 Å². The van der Waals surface area contributed by atoms with E-state index < -0.39 is 11.7 Å². The van der Waals surface area contributed by atoms with Crippen LogP contribution in [0, 0.1) is 0 Å². The van der Waals surface area contributed by atoms with Crippen LogP contribution in [0.25, 0.3) is 16.9 Å². The van der Waals surface area contributed by atoms with Crippen molar-refractivity contribution in [1.29, 1.82) is 0 Å². The van der Waals surface area contributed by atoms with Gasteiger partial charge in [-0.25, -0.2) is 9.78 Å². The molecule has 3 aromatic heterocycles. The zero-order chi connectivity index (χ0) is 19.2. The lowest BCUT2D eigenvalue weighted by atomic mass is 10.2. The molecule has 0 unspecified atom stereocenters. The van der Waals surface area contributed by atoms with Gasteiger partial charge in [0.2, 0.25) is 0 Å². The molecular formula is C19H20N4O3S. The van der Waals surface area contributed by atoms with E-state index in [0.717, 1.165) is 24.7 Å². The minimum atomic E-state index is -0.607. The van der Waals surface area contributed by atoms with Gasteiger partial charge in [0.25, 0.3) is 0 Å². The van der Waals surface area contributed by atoms with Crippen LogP contribution in [-0.4, -0.2) is 38.6 Å². The fraction of sp³-hybridized carbons (Fsp3) is 0.368. The van der Waals surface area contributed by atoms with Crippen molar-refractivity contribution in [2.24, 2.45) is 0 Å². The molecule has 0 radical (unpaired) electrons. The number of nitrogens with zero attached hydrogens (tertiary/aromatic N) is 4. The third-order valence-corrected chi connectivity index (χ3v) is 4.86. The minimum absolute atomic E-state index is 0.0599. The smallest absolute Gasteiger partial charge is 0.416 e. The molecule has 0 spiro atoms. The number of carbonyl (C=O) groups is 2. The molecule has 1 fully saturated rings. The number of anilines is 1. The summed E-state index contributed by atoms with van der Waals surface area (Å²) in [6, 6.07) is 3.85. The number of hydrogen-bond acceptors (Lipinski definition) is 6. The summed E-state index contributed by atoms with van der Waals surface area (Å²) in [6.07, 6.45) is 3.58. The Bertz CT molecular complexity index is 1000. The van der Waals surface area contributed by atoms with Crippen LogP contribution in [0.3, 0.4) is 0 Å². The third kappa shape index (κ3) is 3.44. The van der Waals surface area contributed by atoms with Crippen molar-refractivity contribution < 1.29 is 14.3 Å². The predicted octanol–water partition coefficient (Wildman–Crippen LogP) is 4.17. The zero-order valence-electron chi connectivity index (χ0n) is 15.4. The Morgan fingerprint density at radius 3 is 2.78 bits per heavy atom. The standard InChI is InChI=1S/C19H20N4O3S/c1-19(2,3)26-18(25)22(14-4-5-14)16-8-15(12-6-7-27-11-12)21-17-13(10-24)9-20-23(16)17/h6-11,14H,4-5H2,1-3H3. The van der Waals surface area contributed by atoms with Gasteiger partial charge in [-0.15, -0.1) is 0 Å². The van der Waals surface area contributed by atoms with Crippen LogP contribution in [0.15, 0.2) is 29.1 Å². The molecule has 1 saturated carbocycles. The van der Waals surface area contributed by atoms with Crippen LogP contribution in [0.1, 0.15) is 44.0 Å². The highest BCUT2D eigenvalue weighted by Gasteiger charge is 2.38. The monoisotopic (exact) mass is 384 g/mol. The van der Waals surface area contributed by atoms with Gasteiger partial charge in [0.1, 0.15) is 11.4 Å². The molecule has 1 amide bonds. The Kier molecular flexibility index (Phi) is 4.22. The van der Waals surface area contributed by atoms with E-state index in [1.807, 2.05) is 43.7 Å². The summed E-state index contributed by atoms with van der Waals surface area (Å²) < 4.78 is 7.17. The van der Waals surface area contributed by atoms with Crippen LogP contribution in [0.5, 0.6) is 0 Å². The van der Waals surface area contributed by atoms with E-state index in [1.54, 1.807) is 20.8 Å². The second kappa shape index (κ2) is 6.45. The SMILES string of the molecule is CC(C)(C)OC(=O)N(c1cc(-c2ccsc2)nc2c(C=O)cnn12)C1CC1. The lowest BCUT2D eigenvalue weighted by Gasteiger charge is -2.27. The fourth-order valence-electron chi connectivity index (χ4n) is 2.85. The Labute approximate surface area is 160 Å². The van der Waals surface area contributed by atoms with Crippen molar-refractivity contribution in [3.63, 3.8) is 0 Å². The quantitative estimate of drug-likeness (QED) is 0.631. The molecule has 27 heavy (non-hydrogen) atoms. The summed E-state index contributed by atoms with van der Waals surface area (Å²) in [5.74, 6) is 0.561. The molecule has 1 aliphatic carbocycles. The molecule has 0 aromatic carbocycles. The molecule has 7 nitrogen and oxygen atoms in total. The molecular weight excluding hydrogens is 364 g/mol. The van der Waals surface area contributed by atoms with E-state index in [-0.39, 0.29) is 6.04 Å². The molecule has 3 aromatic rings. The van der Waals surface area contributed by atoms with Crippen molar-refractivity contribution in [1.82, 2.24) is 14.6 Å². The molecule has 0 atom stereocenters. The maximum atomic E-state index is 12.9. The molecule has 3 heterocycles. The van der Waals surface area contributed by atoms with Gasteiger partial charge >= 0.3 is 6.09 Å². The Morgan fingerprint density at radius 1 is 1.41 bits per heavy atom. The minimum Gasteiger partial charge on any atom is -0.443 e. The highest BCUT2D eigenvalue weighted by Crippen LogP contribution is 2.35. The third-order valence-electron chi connectivity index (χ3n) is 4.17. The van der Waals surface area contributed by atoms with Gasteiger partial charge in [-0.1, -0.05) is 0 Å². The number of amides is 1. The normalized spacial score (nSPS) is 14.3. The second-order valence-electron chi connectivity index (χ2n) is 7.55. The second-order valence-corrected chi connectivity index (χ2v) is 8.33. The molecule has 8 heteroatoms. The lowest BCUT2D eigenvalue weighted by Crippen LogP contribution is -2.39. The number of aromatic nitrogens is 3. The first kappa shape index (κ1) is 17.7. The van der Waals surface area contributed by atoms with E-state index >= 15 is 0 Å². The summed E-state index contributed by atoms with van der Waals surface area (Å²) in [4.78, 5) is 30.6. The van der Waals surface area contributed by atoms with Crippen molar-refractivity contribution >= 4 is 35.2 Å². The van der Waals surface area contributed by atoms with Gasteiger partial charge in [0.05, 0.1) is 17.5 Å². The van der Waals surface area contributed by atoms with Crippen molar-refractivity contribution in [2.45, 2.75) is 45.3 Å². The number of fused-ring (bicyclic) bond motifs is 1. The summed E-state index contributed by atoms with van der Waals surface area (Å²) in [5, 5.41) is 8.24. The predicted molar refractivity (Wildman–Crippen MR) is 103 cm³/mol. The number of ether oxygens (including phenoxy) is 1. The van der Waals surface area contributed by atoms with Crippen molar-refractivity contribution in [3.05, 3.63) is 34.7 Å². The topological polar surface area (TPSA) is 76.8 Å². The number of aldehydes is 1. The lowest BCUT2D eigenvalue weighted by molar-refractivity contribution is 0.0576. The first-order chi connectivity index (χ1) is 12.9. The summed E-state index contributed by atoms with van der Waals surface area (Å²) in [5.41, 5.74) is 1.83. The first-order valence-corrected chi connectivity index (χ1v) is 9.70. The van der Waals surface area contributed by atoms with E-state index in [2.05, 4.69) is 10.1 Å². The highest BCUT2D eigenvalue weighted by molar-refractivity contribution is 7.08. The molecule has 0 saturated heterocycles. The van der Waals surface area contributed by atoms with Gasteiger partial charge in [-0.3, -0.25) is 9.69 Å². The van der Waals surface area contributed by atoms with Crippen LogP contribution in [0.2, 0.25) is 0 Å². The van der Waals surface area contributed by atoms with Crippen molar-refractivity contribution in [3.8, 4) is 11.3 Å². The molecule has 0 aliphatic heterocycles. The van der Waals surface area contributed by atoms with Gasteiger partial charge in [0.15, 0.2) is 11.9 Å². The average molecular weight is 384 g/mol. The van der Waals surface area contributed by atoms with Crippen LogP contribution in [-0.2, 0) is 4.74 Å². The van der Waals surface area contributed by atoms with Crippen LogP contribution >= 0.6 is 11.3 Å². The number of carbonyl (C=O) groups excluding carboxylic acids is 2. The largest absolute Gasteiger partial charge is 0.443 e. The molecule has 1 aliphatic rings. The zero-order valence-corrected chi connectivity index (χ0v) is 16.2. The fourth-order valence-corrected chi connectivity index (χ4v) is 3.50. The van der Waals surface area contributed by atoms with Crippen molar-refractivity contribution in [2.75, 3.05) is 4.90 Å². The van der Waals surface area contributed by atoms with Gasteiger partial charge in [0, 0.05) is 23.1 Å². The van der Waals surface area contributed by atoms with E-state index in [1.165, 1.54) is 6.20 Å². The molecule has 140 valence electrons. The Balaban J connectivity index is 1.89. The van der Waals surface area contributed by atoms with E-state index in [9.17, 15) is 9.59 Å². The molecule has 0 bridgehead atoms. The van der Waals surface area contributed by atoms with E-state index in [0.29, 0.717) is 22.7 Å². The number of hydrogen-bond donors (Lipinski definition) is 0. The maximum Gasteiger partial charge on any atom is 0.416 e. The van der Waals surface area contributed by atoms with Crippen LogP contribution < -0.4 is 4.90 Å². The molecule has 4 rings (SSSR count). The average Bonchev–Trinajstić information content (AvgIpc) is 3.10. The summed E-state index contributed by atoms with van der Waals surface area (Å²) >= 11 is 1.56. The molecule has 0 N–H and O–H groups in total. The Morgan fingerprint density at radius 2 is 2.19 bits per heavy atom. The number of rotatable bonds is 4. The maximum absolute atomic E-state index is 12.9. The Hall–Kier alpha value is -2.74. The summed E-state index contributed by atoms with van der Waals surface area (Å²) in [6.45, 7) is 5.52. The van der Waals surface area contributed by atoms with Crippen LogP contribution in [0.4, 0.5) is 10.6 Å². The van der Waals surface area contributed by atoms with Gasteiger partial charge in [-0.2, -0.15) is 21.0 Å².